The molecule has 0 spiro atoms. The number of halogens is 2. The molecule has 0 amide bonds. The molecule has 6 heteroatoms. The summed E-state index contributed by atoms with van der Waals surface area (Å²) in [5.41, 5.74) is 7.98. The van der Waals surface area contributed by atoms with Gasteiger partial charge in [0.2, 0.25) is 11.9 Å². The Morgan fingerprint density at radius 1 is 1.47 bits per heavy atom. The number of hydrogen-bond acceptors (Lipinski definition) is 2. The van der Waals surface area contributed by atoms with Gasteiger partial charge in [0.15, 0.2) is 0 Å². The second-order valence-corrected chi connectivity index (χ2v) is 2.48. The Morgan fingerprint density at radius 2 is 2.27 bits per heavy atom. The van der Waals surface area contributed by atoms with E-state index in [0.29, 0.717) is 6.42 Å². The Kier molecular flexibility index (Phi) is 4.07. The third kappa shape index (κ3) is 3.63. The summed E-state index contributed by atoms with van der Waals surface area (Å²) in [5, 5.41) is 3.25. The van der Waals surface area contributed by atoms with Crippen LogP contribution >= 0.6 is 0 Å². The van der Waals surface area contributed by atoms with Gasteiger partial charge in [0.25, 0.3) is 0 Å². The van der Waals surface area contributed by atoms with Gasteiger partial charge in [0, 0.05) is 17.9 Å². The Labute approximate surface area is 84.6 Å². The summed E-state index contributed by atoms with van der Waals surface area (Å²) in [7, 11) is 0. The van der Waals surface area contributed by atoms with Crippen LogP contribution in [0.1, 0.15) is 12.0 Å². The van der Waals surface area contributed by atoms with Crippen molar-refractivity contribution in [2.75, 3.05) is 6.54 Å². The van der Waals surface area contributed by atoms with Crippen LogP contribution in [0.5, 0.6) is 0 Å². The Morgan fingerprint density at radius 3 is 2.93 bits per heavy atom. The average molecular weight is 208 g/mol. The van der Waals surface area contributed by atoms with Crippen molar-refractivity contribution in [3.8, 4) is 11.8 Å². The van der Waals surface area contributed by atoms with Crippen LogP contribution in [-0.2, 0) is 0 Å². The van der Waals surface area contributed by atoms with Crippen LogP contribution in [0.15, 0.2) is 17.2 Å². The van der Waals surface area contributed by atoms with Gasteiger partial charge in [-0.3, -0.25) is 0 Å². The predicted octanol–water partition coefficient (Wildman–Crippen LogP) is 2.41. The standard InChI is InChI=1S/C9H6F2N4/c10-8-5-4-7(9(11)14-8)3-1-2-6-13-15-12/h4-5H,2,6H2. The normalized spacial score (nSPS) is 8.67. The van der Waals surface area contributed by atoms with Gasteiger partial charge in [-0.05, 0) is 17.7 Å². The molecular formula is C9H6F2N4. The maximum Gasteiger partial charge on any atom is 0.231 e. The van der Waals surface area contributed by atoms with Crippen LogP contribution < -0.4 is 0 Å². The van der Waals surface area contributed by atoms with Crippen LogP contribution in [-0.4, -0.2) is 11.5 Å². The van der Waals surface area contributed by atoms with E-state index in [2.05, 4.69) is 26.9 Å². The first-order valence-electron chi connectivity index (χ1n) is 4.06. The first-order chi connectivity index (χ1) is 7.24. The van der Waals surface area contributed by atoms with E-state index in [1.807, 2.05) is 0 Å². The molecule has 0 atom stereocenters. The molecule has 0 unspecified atom stereocenters. The summed E-state index contributed by atoms with van der Waals surface area (Å²) in [5.74, 6) is 3.22. The zero-order chi connectivity index (χ0) is 11.1. The first-order valence-corrected chi connectivity index (χ1v) is 4.06. The lowest BCUT2D eigenvalue weighted by Gasteiger charge is -1.92. The van der Waals surface area contributed by atoms with Crippen LogP contribution in [0.4, 0.5) is 8.78 Å². The van der Waals surface area contributed by atoms with Crippen molar-refractivity contribution < 1.29 is 8.78 Å². The summed E-state index contributed by atoms with van der Waals surface area (Å²) in [4.78, 5) is 5.50. The Hall–Kier alpha value is -2.12. The quantitative estimate of drug-likeness (QED) is 0.184. The molecule has 4 nitrogen and oxygen atoms in total. The number of aromatic nitrogens is 1. The molecule has 1 aromatic rings. The third-order valence-electron chi connectivity index (χ3n) is 1.44. The van der Waals surface area contributed by atoms with Crippen molar-refractivity contribution >= 4 is 0 Å². The average Bonchev–Trinajstić information content (AvgIpc) is 2.20. The zero-order valence-electron chi connectivity index (χ0n) is 7.61. The number of pyridine rings is 1. The largest absolute Gasteiger partial charge is 0.231 e. The van der Waals surface area contributed by atoms with Gasteiger partial charge in [0.05, 0.1) is 5.56 Å². The minimum absolute atomic E-state index is 0.0253. The molecule has 1 aromatic heterocycles. The van der Waals surface area contributed by atoms with Gasteiger partial charge < -0.3 is 0 Å². The van der Waals surface area contributed by atoms with Crippen LogP contribution in [0.2, 0.25) is 0 Å². The first kappa shape index (κ1) is 11.0. The smallest absolute Gasteiger partial charge is 0.189 e. The maximum atomic E-state index is 12.9. The van der Waals surface area contributed by atoms with Crippen molar-refractivity contribution in [3.63, 3.8) is 0 Å². The highest BCUT2D eigenvalue weighted by Gasteiger charge is 2.01. The molecule has 0 aliphatic rings. The van der Waals surface area contributed by atoms with E-state index >= 15 is 0 Å². The van der Waals surface area contributed by atoms with Gasteiger partial charge >= 0.3 is 0 Å². The van der Waals surface area contributed by atoms with E-state index in [4.69, 9.17) is 5.53 Å². The summed E-state index contributed by atoms with van der Waals surface area (Å²) < 4.78 is 25.3. The monoisotopic (exact) mass is 208 g/mol. The van der Waals surface area contributed by atoms with Crippen molar-refractivity contribution in [2.45, 2.75) is 6.42 Å². The van der Waals surface area contributed by atoms with E-state index in [-0.39, 0.29) is 12.1 Å². The number of hydrogen-bond donors (Lipinski definition) is 0. The summed E-state index contributed by atoms with van der Waals surface area (Å²) in [6, 6.07) is 2.23. The number of azide groups is 1. The number of nitrogens with zero attached hydrogens (tertiary/aromatic N) is 4. The second-order valence-electron chi connectivity index (χ2n) is 2.48. The molecule has 0 bridgehead atoms. The fourth-order valence-corrected chi connectivity index (χ4v) is 0.814. The highest BCUT2D eigenvalue weighted by atomic mass is 19.1. The Balaban J connectivity index is 2.67. The fourth-order valence-electron chi connectivity index (χ4n) is 0.814. The fraction of sp³-hybridized carbons (Fsp3) is 0.222. The molecule has 0 aliphatic carbocycles. The minimum atomic E-state index is -0.939. The zero-order valence-corrected chi connectivity index (χ0v) is 7.61. The van der Waals surface area contributed by atoms with Crippen molar-refractivity contribution in [3.05, 3.63) is 40.0 Å². The van der Waals surface area contributed by atoms with Crippen LogP contribution in [0, 0.1) is 23.7 Å². The molecule has 0 saturated heterocycles. The van der Waals surface area contributed by atoms with E-state index in [0.717, 1.165) is 6.07 Å². The molecule has 0 saturated carbocycles. The van der Waals surface area contributed by atoms with Gasteiger partial charge in [-0.25, -0.2) is 0 Å². The van der Waals surface area contributed by atoms with Crippen molar-refractivity contribution in [1.82, 2.24) is 4.98 Å². The number of rotatable bonds is 2. The maximum absolute atomic E-state index is 12.9. The topological polar surface area (TPSA) is 61.7 Å². The van der Waals surface area contributed by atoms with Gasteiger partial charge in [-0.1, -0.05) is 17.0 Å². The van der Waals surface area contributed by atoms with Crippen molar-refractivity contribution in [2.24, 2.45) is 5.11 Å². The van der Waals surface area contributed by atoms with Gasteiger partial charge in [-0.2, -0.15) is 13.8 Å². The van der Waals surface area contributed by atoms with Crippen LogP contribution in [0.3, 0.4) is 0 Å². The highest BCUT2D eigenvalue weighted by molar-refractivity contribution is 5.32. The molecule has 0 aromatic carbocycles. The summed E-state index contributed by atoms with van der Waals surface area (Å²) >= 11 is 0. The molecule has 0 aliphatic heterocycles. The molecule has 0 fully saturated rings. The predicted molar refractivity (Wildman–Crippen MR) is 49.7 cm³/mol. The lowest BCUT2D eigenvalue weighted by Crippen LogP contribution is -1.91. The van der Waals surface area contributed by atoms with E-state index < -0.39 is 11.9 Å². The Bertz CT molecular complexity index is 455. The third-order valence-corrected chi connectivity index (χ3v) is 1.44. The molecule has 0 radical (unpaired) electrons. The minimum Gasteiger partial charge on any atom is -0.189 e. The summed E-state index contributed by atoms with van der Waals surface area (Å²) in [6.45, 7) is 0.222. The van der Waals surface area contributed by atoms with Crippen molar-refractivity contribution in [1.29, 1.82) is 0 Å². The lowest BCUT2D eigenvalue weighted by molar-refractivity contribution is 0.510. The van der Waals surface area contributed by atoms with Crippen LogP contribution in [0.25, 0.3) is 10.4 Å². The highest BCUT2D eigenvalue weighted by Crippen LogP contribution is 2.03. The summed E-state index contributed by atoms with van der Waals surface area (Å²) in [6.07, 6.45) is 0.320. The molecule has 1 rings (SSSR count). The molecule has 0 N–H and O–H groups in total. The molecule has 1 heterocycles. The van der Waals surface area contributed by atoms with Gasteiger partial charge in [0.1, 0.15) is 0 Å². The molecular weight excluding hydrogens is 202 g/mol. The second kappa shape index (κ2) is 5.58. The van der Waals surface area contributed by atoms with E-state index in [1.54, 1.807) is 0 Å². The SMILES string of the molecule is [N-]=[N+]=NCCC#Cc1ccc(F)nc1F. The molecule has 15 heavy (non-hydrogen) atoms. The van der Waals surface area contributed by atoms with E-state index in [1.165, 1.54) is 6.07 Å². The van der Waals surface area contributed by atoms with E-state index in [9.17, 15) is 8.78 Å². The lowest BCUT2D eigenvalue weighted by atomic mass is 10.2. The van der Waals surface area contributed by atoms with Gasteiger partial charge in [-0.15, -0.1) is 0 Å². The molecule has 76 valence electrons.